The van der Waals surface area contributed by atoms with Crippen molar-refractivity contribution in [3.8, 4) is 11.5 Å². The number of phenols is 2. The van der Waals surface area contributed by atoms with E-state index >= 15 is 0 Å². The highest BCUT2D eigenvalue weighted by Crippen LogP contribution is 2.32. The van der Waals surface area contributed by atoms with E-state index in [0.717, 1.165) is 13.0 Å². The zero-order valence-corrected chi connectivity index (χ0v) is 12.3. The molecule has 3 N–H and O–H groups in total. The topological polar surface area (TPSA) is 52.5 Å². The smallest absolute Gasteiger partial charge is 0.124 e. The molecule has 0 aromatic heterocycles. The van der Waals surface area contributed by atoms with Crippen LogP contribution in [0.2, 0.25) is 0 Å². The van der Waals surface area contributed by atoms with Gasteiger partial charge >= 0.3 is 0 Å². The highest BCUT2D eigenvalue weighted by atomic mass is 16.3. The number of aromatic hydroxyl groups is 2. The van der Waals surface area contributed by atoms with E-state index in [1.807, 2.05) is 6.92 Å². The molecule has 2 unspecified atom stereocenters. The first-order valence-electron chi connectivity index (χ1n) is 7.34. The van der Waals surface area contributed by atoms with Gasteiger partial charge in [0, 0.05) is 6.04 Å². The van der Waals surface area contributed by atoms with Crippen LogP contribution in [0, 0.1) is 5.92 Å². The van der Waals surface area contributed by atoms with E-state index in [-0.39, 0.29) is 17.5 Å². The lowest BCUT2D eigenvalue weighted by molar-refractivity contribution is 0.380. The molecule has 0 saturated carbocycles. The Morgan fingerprint density at radius 2 is 1.79 bits per heavy atom. The van der Waals surface area contributed by atoms with Gasteiger partial charge in [-0.3, -0.25) is 0 Å². The largest absolute Gasteiger partial charge is 0.507 e. The van der Waals surface area contributed by atoms with Crippen LogP contribution in [-0.4, -0.2) is 16.8 Å². The molecular formula is C16H27NO2. The standard InChI is InChI=1S/C16H27NO2/c1-4-6-8-13(5-2)11-17-12(3)16-14(18)9-7-10-15(16)19/h7,9-10,12-13,17-19H,4-6,8,11H2,1-3H3. The van der Waals surface area contributed by atoms with Gasteiger partial charge in [-0.15, -0.1) is 0 Å². The van der Waals surface area contributed by atoms with Crippen LogP contribution >= 0.6 is 0 Å². The number of unbranched alkanes of at least 4 members (excludes halogenated alkanes) is 1. The molecule has 0 heterocycles. The summed E-state index contributed by atoms with van der Waals surface area (Å²) in [5, 5.41) is 23.1. The molecule has 0 radical (unpaired) electrons. The highest BCUT2D eigenvalue weighted by molar-refractivity contribution is 5.44. The fraction of sp³-hybridized carbons (Fsp3) is 0.625. The van der Waals surface area contributed by atoms with Gasteiger partial charge in [0.25, 0.3) is 0 Å². The van der Waals surface area contributed by atoms with Gasteiger partial charge in [0.15, 0.2) is 0 Å². The van der Waals surface area contributed by atoms with E-state index in [1.54, 1.807) is 18.2 Å². The highest BCUT2D eigenvalue weighted by Gasteiger charge is 2.15. The summed E-state index contributed by atoms with van der Waals surface area (Å²) in [7, 11) is 0. The molecule has 2 atom stereocenters. The number of benzene rings is 1. The van der Waals surface area contributed by atoms with Gasteiger partial charge in [-0.25, -0.2) is 0 Å². The first-order valence-corrected chi connectivity index (χ1v) is 7.34. The molecule has 0 aliphatic heterocycles. The fourth-order valence-corrected chi connectivity index (χ4v) is 2.37. The van der Waals surface area contributed by atoms with Crippen LogP contribution in [0.4, 0.5) is 0 Å². The van der Waals surface area contributed by atoms with Gasteiger partial charge in [-0.2, -0.15) is 0 Å². The molecular weight excluding hydrogens is 238 g/mol. The van der Waals surface area contributed by atoms with E-state index in [2.05, 4.69) is 19.2 Å². The van der Waals surface area contributed by atoms with Crippen molar-refractivity contribution in [2.45, 2.75) is 52.5 Å². The fourth-order valence-electron chi connectivity index (χ4n) is 2.37. The first-order chi connectivity index (χ1) is 9.10. The third-order valence-corrected chi connectivity index (χ3v) is 3.75. The van der Waals surface area contributed by atoms with Crippen molar-refractivity contribution in [2.75, 3.05) is 6.54 Å². The van der Waals surface area contributed by atoms with Gasteiger partial charge in [0.05, 0.1) is 5.56 Å². The average Bonchev–Trinajstić information content (AvgIpc) is 2.38. The van der Waals surface area contributed by atoms with Crippen LogP contribution in [0.25, 0.3) is 0 Å². The minimum Gasteiger partial charge on any atom is -0.507 e. The van der Waals surface area contributed by atoms with E-state index in [1.165, 1.54) is 19.3 Å². The third kappa shape index (κ3) is 4.75. The summed E-state index contributed by atoms with van der Waals surface area (Å²) in [4.78, 5) is 0. The number of hydrogen-bond acceptors (Lipinski definition) is 3. The molecule has 19 heavy (non-hydrogen) atoms. The lowest BCUT2D eigenvalue weighted by Gasteiger charge is -2.21. The van der Waals surface area contributed by atoms with Crippen LogP contribution in [0.15, 0.2) is 18.2 Å². The van der Waals surface area contributed by atoms with Crippen LogP contribution in [0.1, 0.15) is 58.1 Å². The van der Waals surface area contributed by atoms with Crippen molar-refractivity contribution in [3.63, 3.8) is 0 Å². The Bertz CT molecular complexity index is 359. The van der Waals surface area contributed by atoms with Crippen LogP contribution < -0.4 is 5.32 Å². The van der Waals surface area contributed by atoms with Gasteiger partial charge in [-0.05, 0) is 37.9 Å². The van der Waals surface area contributed by atoms with Gasteiger partial charge in [0.2, 0.25) is 0 Å². The lowest BCUT2D eigenvalue weighted by atomic mass is 9.98. The molecule has 0 aliphatic carbocycles. The summed E-state index contributed by atoms with van der Waals surface area (Å²) in [5.41, 5.74) is 0.591. The van der Waals surface area contributed by atoms with Gasteiger partial charge in [0.1, 0.15) is 11.5 Å². The van der Waals surface area contributed by atoms with Crippen molar-refractivity contribution in [2.24, 2.45) is 5.92 Å². The zero-order chi connectivity index (χ0) is 14.3. The van der Waals surface area contributed by atoms with E-state index in [4.69, 9.17) is 0 Å². The Kier molecular flexibility index (Phi) is 6.71. The summed E-state index contributed by atoms with van der Waals surface area (Å²) in [6.45, 7) is 7.32. The number of phenolic OH excluding ortho intramolecular Hbond substituents is 2. The molecule has 108 valence electrons. The molecule has 1 rings (SSSR count). The van der Waals surface area contributed by atoms with Crippen molar-refractivity contribution in [1.82, 2.24) is 5.32 Å². The van der Waals surface area contributed by atoms with Gasteiger partial charge in [-0.1, -0.05) is 39.2 Å². The molecule has 0 bridgehead atoms. The number of nitrogens with one attached hydrogen (secondary N) is 1. The second-order valence-corrected chi connectivity index (χ2v) is 5.26. The number of rotatable bonds is 8. The van der Waals surface area contributed by atoms with E-state index < -0.39 is 0 Å². The van der Waals surface area contributed by atoms with E-state index in [9.17, 15) is 10.2 Å². The molecule has 0 aliphatic rings. The Hall–Kier alpha value is -1.22. The SMILES string of the molecule is CCCCC(CC)CNC(C)c1c(O)cccc1O. The summed E-state index contributed by atoms with van der Waals surface area (Å²) in [6, 6.07) is 4.83. The average molecular weight is 265 g/mol. The molecule has 3 nitrogen and oxygen atoms in total. The Labute approximate surface area is 116 Å². The van der Waals surface area contributed by atoms with E-state index in [0.29, 0.717) is 11.5 Å². The predicted molar refractivity (Wildman–Crippen MR) is 79.5 cm³/mol. The quantitative estimate of drug-likeness (QED) is 0.666. The van der Waals surface area contributed by atoms with Crippen LogP contribution in [0.5, 0.6) is 11.5 Å². The maximum Gasteiger partial charge on any atom is 0.124 e. The van der Waals surface area contributed by atoms with Crippen LogP contribution in [0.3, 0.4) is 0 Å². The summed E-state index contributed by atoms with van der Waals surface area (Å²) in [5.74, 6) is 0.971. The summed E-state index contributed by atoms with van der Waals surface area (Å²) < 4.78 is 0. The molecule has 3 heteroatoms. The normalized spacial score (nSPS) is 14.3. The Morgan fingerprint density at radius 1 is 1.16 bits per heavy atom. The third-order valence-electron chi connectivity index (χ3n) is 3.75. The van der Waals surface area contributed by atoms with Gasteiger partial charge < -0.3 is 15.5 Å². The summed E-state index contributed by atoms with van der Waals surface area (Å²) >= 11 is 0. The minimum atomic E-state index is -0.0446. The minimum absolute atomic E-state index is 0.0446. The van der Waals surface area contributed by atoms with Crippen molar-refractivity contribution in [3.05, 3.63) is 23.8 Å². The Balaban J connectivity index is 2.57. The van der Waals surface area contributed by atoms with Crippen molar-refractivity contribution in [1.29, 1.82) is 0 Å². The maximum atomic E-state index is 9.83. The van der Waals surface area contributed by atoms with Crippen LogP contribution in [-0.2, 0) is 0 Å². The molecule has 0 amide bonds. The second-order valence-electron chi connectivity index (χ2n) is 5.26. The van der Waals surface area contributed by atoms with Crippen molar-refractivity contribution < 1.29 is 10.2 Å². The Morgan fingerprint density at radius 3 is 2.32 bits per heavy atom. The summed E-state index contributed by atoms with van der Waals surface area (Å²) in [6.07, 6.45) is 4.88. The monoisotopic (exact) mass is 265 g/mol. The molecule has 1 aromatic carbocycles. The zero-order valence-electron chi connectivity index (χ0n) is 12.3. The molecule has 0 spiro atoms. The second kappa shape index (κ2) is 8.05. The molecule has 1 aromatic rings. The lowest BCUT2D eigenvalue weighted by Crippen LogP contribution is -2.25. The maximum absolute atomic E-state index is 9.83. The molecule has 0 saturated heterocycles. The number of hydrogen-bond donors (Lipinski definition) is 3. The van der Waals surface area contributed by atoms with Crippen molar-refractivity contribution >= 4 is 0 Å². The molecule has 0 fully saturated rings. The predicted octanol–water partition coefficient (Wildman–Crippen LogP) is 3.96. The first kappa shape index (κ1) is 15.8.